The molecule has 14 heavy (non-hydrogen) atoms. The highest BCUT2D eigenvalue weighted by Crippen LogP contribution is 1.99. The predicted octanol–water partition coefficient (Wildman–Crippen LogP) is 1.64. The topological polar surface area (TPSA) is 41.3 Å². The Hall–Kier alpha value is -0.120. The van der Waals surface area contributed by atoms with Crippen molar-refractivity contribution in [1.82, 2.24) is 10.2 Å². The minimum absolute atomic E-state index is 0.677. The van der Waals surface area contributed by atoms with Crippen LogP contribution >= 0.6 is 0 Å². The van der Waals surface area contributed by atoms with Gasteiger partial charge in [0.25, 0.3) is 0 Å². The van der Waals surface area contributed by atoms with E-state index in [-0.39, 0.29) is 0 Å². The van der Waals surface area contributed by atoms with Crippen LogP contribution in [-0.4, -0.2) is 38.8 Å². The Kier molecular flexibility index (Phi) is 17.9. The summed E-state index contributed by atoms with van der Waals surface area (Å²) < 4.78 is 0. The molecule has 0 aliphatic rings. The van der Waals surface area contributed by atoms with Crippen LogP contribution in [0.2, 0.25) is 0 Å². The van der Waals surface area contributed by atoms with E-state index in [0.29, 0.717) is 6.67 Å². The fraction of sp³-hybridized carbons (Fsp3) is 1.00. The standard InChI is InChI=1S/C9H23N3.C2H6/c1-11-7-5-3-4-6-8-12(2)9-10;1-2/h11H,3-10H2,1-2H3;1-2H3. The van der Waals surface area contributed by atoms with E-state index >= 15 is 0 Å². The summed E-state index contributed by atoms with van der Waals surface area (Å²) in [4.78, 5) is 2.15. The molecular weight excluding hydrogens is 174 g/mol. The molecule has 0 spiro atoms. The molecule has 0 radical (unpaired) electrons. The molecule has 0 aromatic rings. The molecule has 0 aliphatic heterocycles. The SMILES string of the molecule is CC.CNCCCCCCN(C)CN. The Bertz CT molecular complexity index is 86.6. The highest BCUT2D eigenvalue weighted by molar-refractivity contribution is 4.49. The number of nitrogens with one attached hydrogen (secondary N) is 1. The van der Waals surface area contributed by atoms with Gasteiger partial charge in [0.1, 0.15) is 0 Å². The number of rotatable bonds is 8. The molecule has 0 aliphatic carbocycles. The van der Waals surface area contributed by atoms with Gasteiger partial charge in [0.15, 0.2) is 0 Å². The molecule has 0 unspecified atom stereocenters. The van der Waals surface area contributed by atoms with Gasteiger partial charge in [-0.15, -0.1) is 0 Å². The van der Waals surface area contributed by atoms with Gasteiger partial charge in [-0.05, 0) is 40.0 Å². The van der Waals surface area contributed by atoms with Crippen molar-refractivity contribution in [2.45, 2.75) is 39.5 Å². The van der Waals surface area contributed by atoms with Crippen LogP contribution in [0.1, 0.15) is 39.5 Å². The van der Waals surface area contributed by atoms with Crippen LogP contribution in [0, 0.1) is 0 Å². The second-order valence-corrected chi connectivity index (χ2v) is 3.28. The van der Waals surface area contributed by atoms with Crippen molar-refractivity contribution in [3.8, 4) is 0 Å². The van der Waals surface area contributed by atoms with Gasteiger partial charge >= 0.3 is 0 Å². The van der Waals surface area contributed by atoms with Crippen LogP contribution in [0.4, 0.5) is 0 Å². The average Bonchev–Trinajstić information content (AvgIpc) is 2.25. The summed E-state index contributed by atoms with van der Waals surface area (Å²) in [5.74, 6) is 0. The largest absolute Gasteiger partial charge is 0.320 e. The van der Waals surface area contributed by atoms with Gasteiger partial charge < -0.3 is 11.1 Å². The molecule has 3 N–H and O–H groups in total. The lowest BCUT2D eigenvalue weighted by Gasteiger charge is -2.12. The number of unbranched alkanes of at least 4 members (excludes halogenated alkanes) is 3. The van der Waals surface area contributed by atoms with Crippen LogP contribution in [0.5, 0.6) is 0 Å². The highest BCUT2D eigenvalue weighted by atomic mass is 15.1. The van der Waals surface area contributed by atoms with Gasteiger partial charge in [-0.3, -0.25) is 4.90 Å². The molecule has 0 aromatic carbocycles. The monoisotopic (exact) mass is 203 g/mol. The third-order valence-electron chi connectivity index (χ3n) is 2.03. The Morgan fingerprint density at radius 3 is 2.14 bits per heavy atom. The quantitative estimate of drug-likeness (QED) is 0.465. The maximum absolute atomic E-state index is 5.45. The molecule has 0 heterocycles. The van der Waals surface area contributed by atoms with Gasteiger partial charge in [-0.2, -0.15) is 0 Å². The molecule has 0 fully saturated rings. The molecule has 3 heteroatoms. The Balaban J connectivity index is 0. The van der Waals surface area contributed by atoms with Crippen molar-refractivity contribution in [3.63, 3.8) is 0 Å². The first-order chi connectivity index (χ1) is 6.81. The number of nitrogens with two attached hydrogens (primary N) is 1. The normalized spacial score (nSPS) is 9.86. The van der Waals surface area contributed by atoms with Crippen molar-refractivity contribution in [3.05, 3.63) is 0 Å². The molecule has 3 nitrogen and oxygen atoms in total. The van der Waals surface area contributed by atoms with E-state index < -0.39 is 0 Å². The molecule has 88 valence electrons. The average molecular weight is 203 g/mol. The lowest BCUT2D eigenvalue weighted by Crippen LogP contribution is -2.26. The summed E-state index contributed by atoms with van der Waals surface area (Å²) in [6.07, 6.45) is 5.23. The molecular formula is C11H29N3. The Labute approximate surface area is 90.0 Å². The van der Waals surface area contributed by atoms with Crippen LogP contribution in [0.15, 0.2) is 0 Å². The molecule has 0 saturated heterocycles. The number of hydrogen-bond acceptors (Lipinski definition) is 3. The van der Waals surface area contributed by atoms with Gasteiger partial charge in [0.05, 0.1) is 0 Å². The maximum Gasteiger partial charge on any atom is 0.0452 e. The van der Waals surface area contributed by atoms with Gasteiger partial charge in [-0.1, -0.05) is 26.7 Å². The zero-order chi connectivity index (χ0) is 11.2. The second-order valence-electron chi connectivity index (χ2n) is 3.28. The van der Waals surface area contributed by atoms with Gasteiger partial charge in [0, 0.05) is 6.67 Å². The Morgan fingerprint density at radius 2 is 1.64 bits per heavy atom. The smallest absolute Gasteiger partial charge is 0.0452 e. The summed E-state index contributed by atoms with van der Waals surface area (Å²) in [6.45, 7) is 6.96. The fourth-order valence-electron chi connectivity index (χ4n) is 1.13. The zero-order valence-electron chi connectivity index (χ0n) is 10.5. The van der Waals surface area contributed by atoms with E-state index in [0.717, 1.165) is 13.1 Å². The molecule has 0 rings (SSSR count). The molecule has 0 aromatic heterocycles. The summed E-state index contributed by atoms with van der Waals surface area (Å²) in [7, 11) is 4.07. The van der Waals surface area contributed by atoms with Crippen LogP contribution in [-0.2, 0) is 0 Å². The first-order valence-corrected chi connectivity index (χ1v) is 5.84. The summed E-state index contributed by atoms with van der Waals surface area (Å²) >= 11 is 0. The van der Waals surface area contributed by atoms with E-state index in [1.165, 1.54) is 25.7 Å². The number of hydrogen-bond donors (Lipinski definition) is 2. The van der Waals surface area contributed by atoms with Crippen LogP contribution in [0.25, 0.3) is 0 Å². The van der Waals surface area contributed by atoms with Crippen molar-refractivity contribution < 1.29 is 0 Å². The van der Waals surface area contributed by atoms with E-state index in [1.807, 2.05) is 20.9 Å². The van der Waals surface area contributed by atoms with E-state index in [1.54, 1.807) is 0 Å². The minimum Gasteiger partial charge on any atom is -0.320 e. The third-order valence-corrected chi connectivity index (χ3v) is 2.03. The summed E-state index contributed by atoms with van der Waals surface area (Å²) in [6, 6.07) is 0. The highest BCUT2D eigenvalue weighted by Gasteiger charge is 1.93. The lowest BCUT2D eigenvalue weighted by atomic mass is 10.2. The fourth-order valence-corrected chi connectivity index (χ4v) is 1.13. The molecule has 0 atom stereocenters. The van der Waals surface area contributed by atoms with Gasteiger partial charge in [0.2, 0.25) is 0 Å². The minimum atomic E-state index is 0.677. The molecule has 0 saturated carbocycles. The predicted molar refractivity (Wildman–Crippen MR) is 65.4 cm³/mol. The van der Waals surface area contributed by atoms with Crippen LogP contribution < -0.4 is 11.1 Å². The second kappa shape index (κ2) is 15.4. The first kappa shape index (κ1) is 16.3. The molecule has 0 bridgehead atoms. The summed E-state index contributed by atoms with van der Waals surface area (Å²) in [5, 5.41) is 3.15. The van der Waals surface area contributed by atoms with E-state index in [4.69, 9.17) is 5.73 Å². The van der Waals surface area contributed by atoms with Crippen molar-refractivity contribution in [1.29, 1.82) is 0 Å². The van der Waals surface area contributed by atoms with Crippen molar-refractivity contribution >= 4 is 0 Å². The lowest BCUT2D eigenvalue weighted by molar-refractivity contribution is 0.333. The zero-order valence-corrected chi connectivity index (χ0v) is 10.5. The number of nitrogens with zero attached hydrogens (tertiary/aromatic N) is 1. The summed E-state index contributed by atoms with van der Waals surface area (Å²) in [5.41, 5.74) is 5.45. The van der Waals surface area contributed by atoms with Crippen molar-refractivity contribution in [2.24, 2.45) is 5.73 Å². The molecule has 0 amide bonds. The van der Waals surface area contributed by atoms with E-state index in [2.05, 4.69) is 17.3 Å². The maximum atomic E-state index is 5.45. The van der Waals surface area contributed by atoms with Crippen LogP contribution in [0.3, 0.4) is 0 Å². The Morgan fingerprint density at radius 1 is 1.07 bits per heavy atom. The van der Waals surface area contributed by atoms with Gasteiger partial charge in [-0.25, -0.2) is 0 Å². The van der Waals surface area contributed by atoms with Crippen molar-refractivity contribution in [2.75, 3.05) is 33.9 Å². The first-order valence-electron chi connectivity index (χ1n) is 5.84. The third kappa shape index (κ3) is 14.4. The van der Waals surface area contributed by atoms with E-state index in [9.17, 15) is 0 Å².